The third-order valence-corrected chi connectivity index (χ3v) is 4.41. The number of urea groups is 1. The van der Waals surface area contributed by atoms with Crippen LogP contribution >= 0.6 is 0 Å². The number of benzene rings is 2. The number of fused-ring (bicyclic) bond motifs is 3. The lowest BCUT2D eigenvalue weighted by molar-refractivity contribution is 0.249. The Morgan fingerprint density at radius 2 is 2.00 bits per heavy atom. The number of aryl methyl sites for hydroxylation is 1. The maximum absolute atomic E-state index is 12.2. The fraction of sp³-hybridized carbons (Fsp3) is 0.211. The molecule has 116 valence electrons. The molecule has 0 saturated carbocycles. The molecule has 0 fully saturated rings. The summed E-state index contributed by atoms with van der Waals surface area (Å²) < 4.78 is 0. The predicted molar refractivity (Wildman–Crippen MR) is 92.8 cm³/mol. The second-order valence-corrected chi connectivity index (χ2v) is 6.20. The summed E-state index contributed by atoms with van der Waals surface area (Å²) in [5.74, 6) is 0. The van der Waals surface area contributed by atoms with E-state index >= 15 is 0 Å². The van der Waals surface area contributed by atoms with Crippen LogP contribution in [0.3, 0.4) is 0 Å². The highest BCUT2D eigenvalue weighted by molar-refractivity contribution is 5.90. The lowest BCUT2D eigenvalue weighted by Gasteiger charge is -2.13. The van der Waals surface area contributed by atoms with Crippen molar-refractivity contribution in [3.8, 4) is 0 Å². The molecule has 0 spiro atoms. The summed E-state index contributed by atoms with van der Waals surface area (Å²) in [4.78, 5) is 15.6. The number of para-hydroxylation sites is 1. The highest BCUT2D eigenvalue weighted by atomic mass is 16.2. The van der Waals surface area contributed by atoms with Gasteiger partial charge in [0.25, 0.3) is 0 Å². The SMILES string of the molecule is Cc1cccc(NC(=O)NC2Cc3[nH]c4ccccc4c3C2)c1. The van der Waals surface area contributed by atoms with Crippen molar-refractivity contribution in [3.63, 3.8) is 0 Å². The molecule has 2 aromatic carbocycles. The first-order valence-electron chi connectivity index (χ1n) is 7.92. The van der Waals surface area contributed by atoms with Gasteiger partial charge in [0.1, 0.15) is 0 Å². The van der Waals surface area contributed by atoms with Gasteiger partial charge in [-0.05, 0) is 42.7 Å². The van der Waals surface area contributed by atoms with Gasteiger partial charge in [0.15, 0.2) is 0 Å². The first-order chi connectivity index (χ1) is 11.2. The van der Waals surface area contributed by atoms with E-state index < -0.39 is 0 Å². The molecule has 1 heterocycles. The summed E-state index contributed by atoms with van der Waals surface area (Å²) in [6.07, 6.45) is 1.73. The molecule has 4 rings (SSSR count). The lowest BCUT2D eigenvalue weighted by atomic mass is 10.1. The molecule has 4 heteroatoms. The molecule has 1 aliphatic carbocycles. The zero-order valence-corrected chi connectivity index (χ0v) is 13.0. The van der Waals surface area contributed by atoms with Gasteiger partial charge in [-0.3, -0.25) is 0 Å². The average Bonchev–Trinajstić information content (AvgIpc) is 3.04. The number of nitrogens with one attached hydrogen (secondary N) is 3. The standard InChI is InChI=1S/C19H19N3O/c1-12-5-4-6-13(9-12)20-19(23)21-14-10-16-15-7-2-3-8-17(15)22-18(16)11-14/h2-9,14,22H,10-11H2,1H3,(H2,20,21,23). The Hall–Kier alpha value is -2.75. The molecule has 1 aromatic heterocycles. The number of hydrogen-bond acceptors (Lipinski definition) is 1. The average molecular weight is 305 g/mol. The summed E-state index contributed by atoms with van der Waals surface area (Å²) in [5, 5.41) is 7.25. The quantitative estimate of drug-likeness (QED) is 0.663. The van der Waals surface area contributed by atoms with Gasteiger partial charge >= 0.3 is 6.03 Å². The van der Waals surface area contributed by atoms with E-state index in [0.29, 0.717) is 0 Å². The van der Waals surface area contributed by atoms with Crippen LogP contribution in [0.25, 0.3) is 10.9 Å². The van der Waals surface area contributed by atoms with Crippen LogP contribution in [-0.4, -0.2) is 17.1 Å². The fourth-order valence-electron chi connectivity index (χ4n) is 3.41. The minimum absolute atomic E-state index is 0.143. The van der Waals surface area contributed by atoms with Gasteiger partial charge in [0, 0.05) is 34.7 Å². The van der Waals surface area contributed by atoms with Crippen molar-refractivity contribution in [1.29, 1.82) is 0 Å². The Labute approximate surface area is 134 Å². The normalized spacial score (nSPS) is 16.3. The largest absolute Gasteiger partial charge is 0.358 e. The molecule has 23 heavy (non-hydrogen) atoms. The Bertz CT molecular complexity index is 881. The Morgan fingerprint density at radius 1 is 1.13 bits per heavy atom. The van der Waals surface area contributed by atoms with Crippen LogP contribution in [0.5, 0.6) is 0 Å². The summed E-state index contributed by atoms with van der Waals surface area (Å²) in [7, 11) is 0. The van der Waals surface area contributed by atoms with Gasteiger partial charge in [0.2, 0.25) is 0 Å². The van der Waals surface area contributed by atoms with Gasteiger partial charge in [0.05, 0.1) is 0 Å². The van der Waals surface area contributed by atoms with Crippen molar-refractivity contribution in [2.45, 2.75) is 25.8 Å². The Balaban J connectivity index is 1.43. The zero-order valence-electron chi connectivity index (χ0n) is 13.0. The molecular weight excluding hydrogens is 286 g/mol. The maximum atomic E-state index is 12.2. The maximum Gasteiger partial charge on any atom is 0.319 e. The molecule has 4 nitrogen and oxygen atoms in total. The van der Waals surface area contributed by atoms with Crippen LogP contribution in [0.1, 0.15) is 16.8 Å². The van der Waals surface area contributed by atoms with E-state index in [-0.39, 0.29) is 12.1 Å². The second kappa shape index (κ2) is 5.47. The smallest absolute Gasteiger partial charge is 0.319 e. The fourth-order valence-corrected chi connectivity index (χ4v) is 3.41. The minimum atomic E-state index is -0.143. The summed E-state index contributed by atoms with van der Waals surface area (Å²) in [5.41, 5.74) is 5.71. The van der Waals surface area contributed by atoms with Gasteiger partial charge in [-0.1, -0.05) is 30.3 Å². The van der Waals surface area contributed by atoms with Crippen LogP contribution in [0.2, 0.25) is 0 Å². The summed E-state index contributed by atoms with van der Waals surface area (Å²) in [6.45, 7) is 2.01. The number of aromatic nitrogens is 1. The third kappa shape index (κ3) is 2.68. The number of anilines is 1. The van der Waals surface area contributed by atoms with Crippen molar-refractivity contribution < 1.29 is 4.79 Å². The van der Waals surface area contributed by atoms with E-state index in [1.54, 1.807) is 0 Å². The molecule has 3 aromatic rings. The number of hydrogen-bond donors (Lipinski definition) is 3. The molecule has 0 bridgehead atoms. The van der Waals surface area contributed by atoms with Gasteiger partial charge in [-0.25, -0.2) is 4.79 Å². The van der Waals surface area contributed by atoms with Crippen LogP contribution in [0.4, 0.5) is 10.5 Å². The molecule has 0 radical (unpaired) electrons. The number of aromatic amines is 1. The van der Waals surface area contributed by atoms with Crippen LogP contribution in [0.15, 0.2) is 48.5 Å². The van der Waals surface area contributed by atoms with E-state index in [1.165, 1.54) is 22.2 Å². The topological polar surface area (TPSA) is 56.9 Å². The minimum Gasteiger partial charge on any atom is -0.358 e. The predicted octanol–water partition coefficient (Wildman–Crippen LogP) is 3.77. The van der Waals surface area contributed by atoms with E-state index in [4.69, 9.17) is 0 Å². The first kappa shape index (κ1) is 13.9. The van der Waals surface area contributed by atoms with Crippen molar-refractivity contribution in [2.24, 2.45) is 0 Å². The van der Waals surface area contributed by atoms with Crippen molar-refractivity contribution >= 4 is 22.6 Å². The molecule has 1 unspecified atom stereocenters. The highest BCUT2D eigenvalue weighted by Gasteiger charge is 2.26. The molecule has 1 aliphatic rings. The molecule has 0 aliphatic heterocycles. The van der Waals surface area contributed by atoms with Crippen LogP contribution < -0.4 is 10.6 Å². The number of carbonyl (C=O) groups excluding carboxylic acids is 1. The lowest BCUT2D eigenvalue weighted by Crippen LogP contribution is -2.38. The van der Waals surface area contributed by atoms with E-state index in [9.17, 15) is 4.79 Å². The Morgan fingerprint density at radius 3 is 2.87 bits per heavy atom. The van der Waals surface area contributed by atoms with Crippen molar-refractivity contribution in [3.05, 3.63) is 65.4 Å². The van der Waals surface area contributed by atoms with Crippen molar-refractivity contribution in [2.75, 3.05) is 5.32 Å². The van der Waals surface area contributed by atoms with Crippen molar-refractivity contribution in [1.82, 2.24) is 10.3 Å². The number of H-pyrrole nitrogens is 1. The summed E-state index contributed by atoms with van der Waals surface area (Å²) >= 11 is 0. The zero-order chi connectivity index (χ0) is 15.8. The van der Waals surface area contributed by atoms with E-state index in [2.05, 4.69) is 33.8 Å². The highest BCUT2D eigenvalue weighted by Crippen LogP contribution is 2.29. The van der Waals surface area contributed by atoms with E-state index in [0.717, 1.165) is 24.1 Å². The van der Waals surface area contributed by atoms with Crippen LogP contribution in [0, 0.1) is 6.92 Å². The summed E-state index contributed by atoms with van der Waals surface area (Å²) in [6, 6.07) is 16.2. The van der Waals surface area contributed by atoms with Crippen LogP contribution in [-0.2, 0) is 12.8 Å². The monoisotopic (exact) mass is 305 g/mol. The molecule has 2 amide bonds. The molecule has 3 N–H and O–H groups in total. The first-order valence-corrected chi connectivity index (χ1v) is 7.92. The number of carbonyl (C=O) groups is 1. The molecule has 1 atom stereocenters. The van der Waals surface area contributed by atoms with E-state index in [1.807, 2.05) is 37.3 Å². The Kier molecular flexibility index (Phi) is 3.30. The van der Waals surface area contributed by atoms with Gasteiger partial charge in [-0.2, -0.15) is 0 Å². The molecule has 0 saturated heterocycles. The number of amides is 2. The molecular formula is C19H19N3O. The van der Waals surface area contributed by atoms with Gasteiger partial charge in [-0.15, -0.1) is 0 Å². The van der Waals surface area contributed by atoms with Gasteiger partial charge < -0.3 is 15.6 Å². The third-order valence-electron chi connectivity index (χ3n) is 4.41. The number of rotatable bonds is 2. The second-order valence-electron chi connectivity index (χ2n) is 6.20.